The predicted octanol–water partition coefficient (Wildman–Crippen LogP) is 1.00. The lowest BCUT2D eigenvalue weighted by Gasteiger charge is -2.23. The first-order valence-corrected chi connectivity index (χ1v) is 5.02. The Bertz CT molecular complexity index is 193. The summed E-state index contributed by atoms with van der Waals surface area (Å²) in [5.41, 5.74) is 0. The summed E-state index contributed by atoms with van der Waals surface area (Å²) in [7, 11) is 0. The number of cyclic esters (lactones) is 1. The highest BCUT2D eigenvalue weighted by Gasteiger charge is 2.29. The normalized spacial score (nSPS) is 27.9. The van der Waals surface area contributed by atoms with Crippen LogP contribution in [0.4, 0.5) is 4.79 Å². The van der Waals surface area contributed by atoms with E-state index in [1.807, 2.05) is 4.90 Å². The molecule has 14 heavy (non-hydrogen) atoms. The minimum absolute atomic E-state index is 0. The van der Waals surface area contributed by atoms with Crippen LogP contribution in [0, 0.1) is 0 Å². The maximum atomic E-state index is 11.3. The van der Waals surface area contributed by atoms with Gasteiger partial charge in [-0.3, -0.25) is 0 Å². The van der Waals surface area contributed by atoms with Crippen molar-refractivity contribution < 1.29 is 9.53 Å². The van der Waals surface area contributed by atoms with Crippen LogP contribution in [0.2, 0.25) is 0 Å². The number of carbonyl (C=O) groups is 1. The maximum absolute atomic E-state index is 11.3. The molecule has 0 bridgehead atoms. The van der Waals surface area contributed by atoms with Gasteiger partial charge >= 0.3 is 6.09 Å². The number of amides is 1. The Morgan fingerprint density at radius 1 is 1.36 bits per heavy atom. The van der Waals surface area contributed by atoms with Gasteiger partial charge in [-0.05, 0) is 32.4 Å². The SMILES string of the molecule is Cl.O=C1OCCN1C1CCCNCC1. The van der Waals surface area contributed by atoms with Gasteiger partial charge in [0.15, 0.2) is 0 Å². The van der Waals surface area contributed by atoms with Gasteiger partial charge < -0.3 is 15.0 Å². The summed E-state index contributed by atoms with van der Waals surface area (Å²) in [6.07, 6.45) is 3.22. The highest BCUT2D eigenvalue weighted by atomic mass is 35.5. The van der Waals surface area contributed by atoms with Crippen molar-refractivity contribution in [2.45, 2.75) is 25.3 Å². The molecule has 0 spiro atoms. The van der Waals surface area contributed by atoms with Gasteiger partial charge in [0.05, 0.1) is 6.54 Å². The number of nitrogens with zero attached hydrogens (tertiary/aromatic N) is 1. The van der Waals surface area contributed by atoms with Crippen LogP contribution in [0.5, 0.6) is 0 Å². The molecule has 1 unspecified atom stereocenters. The van der Waals surface area contributed by atoms with E-state index in [1.54, 1.807) is 0 Å². The molecular formula is C9H17ClN2O2. The predicted molar refractivity (Wildman–Crippen MR) is 55.8 cm³/mol. The van der Waals surface area contributed by atoms with E-state index in [0.29, 0.717) is 12.6 Å². The standard InChI is InChI=1S/C9H16N2O2.ClH/c12-9-11(6-7-13-9)8-2-1-4-10-5-3-8;/h8,10H,1-7H2;1H. The molecule has 0 saturated carbocycles. The molecule has 2 rings (SSSR count). The van der Waals surface area contributed by atoms with Crippen LogP contribution in [0.15, 0.2) is 0 Å². The average Bonchev–Trinajstić information content (AvgIpc) is 2.43. The molecule has 0 aromatic heterocycles. The van der Waals surface area contributed by atoms with Gasteiger partial charge in [0.25, 0.3) is 0 Å². The molecule has 0 aromatic carbocycles. The summed E-state index contributed by atoms with van der Waals surface area (Å²) < 4.78 is 4.93. The van der Waals surface area contributed by atoms with Crippen LogP contribution in [0.1, 0.15) is 19.3 Å². The van der Waals surface area contributed by atoms with Crippen LogP contribution >= 0.6 is 12.4 Å². The summed E-state index contributed by atoms with van der Waals surface area (Å²) in [5, 5.41) is 3.34. The lowest BCUT2D eigenvalue weighted by molar-refractivity contribution is 0.145. The first-order valence-electron chi connectivity index (χ1n) is 5.02. The lowest BCUT2D eigenvalue weighted by Crippen LogP contribution is -2.36. The Morgan fingerprint density at radius 2 is 2.21 bits per heavy atom. The van der Waals surface area contributed by atoms with E-state index in [0.717, 1.165) is 38.9 Å². The summed E-state index contributed by atoms with van der Waals surface area (Å²) in [6.45, 7) is 3.46. The zero-order valence-corrected chi connectivity index (χ0v) is 9.02. The number of carbonyl (C=O) groups excluding carboxylic acids is 1. The van der Waals surface area contributed by atoms with Crippen molar-refractivity contribution in [1.82, 2.24) is 10.2 Å². The highest BCUT2D eigenvalue weighted by molar-refractivity contribution is 5.85. The third kappa shape index (κ3) is 2.51. The van der Waals surface area contributed by atoms with Gasteiger partial charge in [-0.15, -0.1) is 12.4 Å². The van der Waals surface area contributed by atoms with E-state index >= 15 is 0 Å². The smallest absolute Gasteiger partial charge is 0.410 e. The van der Waals surface area contributed by atoms with Crippen LogP contribution < -0.4 is 5.32 Å². The molecule has 2 fully saturated rings. The van der Waals surface area contributed by atoms with Crippen molar-refractivity contribution in [3.05, 3.63) is 0 Å². The largest absolute Gasteiger partial charge is 0.448 e. The molecule has 1 amide bonds. The van der Waals surface area contributed by atoms with Crippen LogP contribution in [-0.2, 0) is 4.74 Å². The number of halogens is 1. The van der Waals surface area contributed by atoms with E-state index in [4.69, 9.17) is 4.74 Å². The van der Waals surface area contributed by atoms with Crippen molar-refractivity contribution >= 4 is 18.5 Å². The minimum atomic E-state index is -0.119. The monoisotopic (exact) mass is 220 g/mol. The van der Waals surface area contributed by atoms with Crippen molar-refractivity contribution in [3.8, 4) is 0 Å². The molecule has 1 atom stereocenters. The van der Waals surface area contributed by atoms with E-state index in [1.165, 1.54) is 0 Å². The Kier molecular flexibility index (Phi) is 4.48. The summed E-state index contributed by atoms with van der Waals surface area (Å²) in [6, 6.07) is 0.407. The summed E-state index contributed by atoms with van der Waals surface area (Å²) in [4.78, 5) is 13.2. The fourth-order valence-electron chi connectivity index (χ4n) is 2.05. The number of nitrogens with one attached hydrogen (secondary N) is 1. The van der Waals surface area contributed by atoms with E-state index in [2.05, 4.69) is 5.32 Å². The molecule has 4 nitrogen and oxygen atoms in total. The Labute approximate surface area is 90.4 Å². The van der Waals surface area contributed by atoms with Gasteiger partial charge in [0.1, 0.15) is 6.61 Å². The molecule has 0 radical (unpaired) electrons. The number of hydrogen-bond acceptors (Lipinski definition) is 3. The third-order valence-electron chi connectivity index (χ3n) is 2.78. The lowest BCUT2D eigenvalue weighted by atomic mass is 10.1. The van der Waals surface area contributed by atoms with Gasteiger partial charge in [0, 0.05) is 6.04 Å². The van der Waals surface area contributed by atoms with Crippen LogP contribution in [0.25, 0.3) is 0 Å². The van der Waals surface area contributed by atoms with Gasteiger partial charge in [-0.1, -0.05) is 0 Å². The molecule has 0 aromatic rings. The number of ether oxygens (including phenoxy) is 1. The Balaban J connectivity index is 0.000000980. The molecule has 2 aliphatic rings. The second-order valence-corrected chi connectivity index (χ2v) is 3.64. The first-order chi connectivity index (χ1) is 6.38. The average molecular weight is 221 g/mol. The maximum Gasteiger partial charge on any atom is 0.410 e. The molecule has 5 heteroatoms. The first kappa shape index (κ1) is 11.6. The molecule has 1 N–H and O–H groups in total. The van der Waals surface area contributed by atoms with Crippen molar-refractivity contribution in [3.63, 3.8) is 0 Å². The molecule has 2 aliphatic heterocycles. The summed E-state index contributed by atoms with van der Waals surface area (Å²) >= 11 is 0. The van der Waals surface area contributed by atoms with Gasteiger partial charge in [-0.25, -0.2) is 4.79 Å². The van der Waals surface area contributed by atoms with Crippen LogP contribution in [0.3, 0.4) is 0 Å². The molecular weight excluding hydrogens is 204 g/mol. The fraction of sp³-hybridized carbons (Fsp3) is 0.889. The van der Waals surface area contributed by atoms with Crippen molar-refractivity contribution in [2.75, 3.05) is 26.2 Å². The minimum Gasteiger partial charge on any atom is -0.448 e. The third-order valence-corrected chi connectivity index (χ3v) is 2.78. The summed E-state index contributed by atoms with van der Waals surface area (Å²) in [5.74, 6) is 0. The van der Waals surface area contributed by atoms with Crippen LogP contribution in [-0.4, -0.2) is 43.3 Å². The molecule has 0 aliphatic carbocycles. The molecule has 2 saturated heterocycles. The van der Waals surface area contributed by atoms with Gasteiger partial charge in [0.2, 0.25) is 0 Å². The van der Waals surface area contributed by atoms with E-state index < -0.39 is 0 Å². The van der Waals surface area contributed by atoms with Gasteiger partial charge in [-0.2, -0.15) is 0 Å². The second-order valence-electron chi connectivity index (χ2n) is 3.64. The van der Waals surface area contributed by atoms with E-state index in [-0.39, 0.29) is 18.5 Å². The zero-order chi connectivity index (χ0) is 9.10. The zero-order valence-electron chi connectivity index (χ0n) is 8.20. The van der Waals surface area contributed by atoms with Crippen molar-refractivity contribution in [1.29, 1.82) is 0 Å². The quantitative estimate of drug-likeness (QED) is 0.717. The number of rotatable bonds is 1. The second kappa shape index (κ2) is 5.41. The number of hydrogen-bond donors (Lipinski definition) is 1. The topological polar surface area (TPSA) is 41.6 Å². The molecule has 2 heterocycles. The Morgan fingerprint density at radius 3 is 2.93 bits per heavy atom. The highest BCUT2D eigenvalue weighted by Crippen LogP contribution is 2.17. The van der Waals surface area contributed by atoms with Crippen molar-refractivity contribution in [2.24, 2.45) is 0 Å². The Hall–Kier alpha value is -0.480. The molecule has 82 valence electrons. The van der Waals surface area contributed by atoms with E-state index in [9.17, 15) is 4.79 Å². The fourth-order valence-corrected chi connectivity index (χ4v) is 2.05.